The van der Waals surface area contributed by atoms with Crippen molar-refractivity contribution in [1.82, 2.24) is 0 Å². The van der Waals surface area contributed by atoms with Gasteiger partial charge in [0.1, 0.15) is 0 Å². The maximum absolute atomic E-state index is 12.7. The van der Waals surface area contributed by atoms with Crippen LogP contribution in [0.15, 0.2) is 40.9 Å². The van der Waals surface area contributed by atoms with Crippen LogP contribution in [0.5, 0.6) is 11.5 Å². The number of hydrogen-bond acceptors (Lipinski definition) is 5. The van der Waals surface area contributed by atoms with Gasteiger partial charge in [0.25, 0.3) is 5.91 Å². The Labute approximate surface area is 169 Å². The van der Waals surface area contributed by atoms with Crippen molar-refractivity contribution in [1.29, 1.82) is 0 Å². The van der Waals surface area contributed by atoms with E-state index in [-0.39, 0.29) is 17.1 Å². The molecule has 1 aliphatic heterocycles. The number of alkyl halides is 2. The van der Waals surface area contributed by atoms with Gasteiger partial charge in [0.05, 0.1) is 31.7 Å². The first kappa shape index (κ1) is 20.3. The lowest BCUT2D eigenvalue weighted by Crippen LogP contribution is -2.36. The number of benzene rings is 2. The van der Waals surface area contributed by atoms with Crippen molar-refractivity contribution >= 4 is 33.2 Å². The highest BCUT2D eigenvalue weighted by atomic mass is 79.9. The van der Waals surface area contributed by atoms with Gasteiger partial charge < -0.3 is 24.4 Å². The molecule has 1 saturated heterocycles. The highest BCUT2D eigenvalue weighted by molar-refractivity contribution is 9.10. The predicted molar refractivity (Wildman–Crippen MR) is 105 cm³/mol. The van der Waals surface area contributed by atoms with Gasteiger partial charge in [0.2, 0.25) is 0 Å². The Morgan fingerprint density at radius 1 is 1.18 bits per heavy atom. The van der Waals surface area contributed by atoms with E-state index in [2.05, 4.69) is 30.9 Å². The molecule has 3 rings (SSSR count). The fourth-order valence-electron chi connectivity index (χ4n) is 2.89. The van der Waals surface area contributed by atoms with E-state index in [1.807, 2.05) is 18.2 Å². The summed E-state index contributed by atoms with van der Waals surface area (Å²) in [6.07, 6.45) is 0. The number of ether oxygens (including phenoxy) is 3. The van der Waals surface area contributed by atoms with Crippen molar-refractivity contribution in [3.05, 3.63) is 46.4 Å². The number of nitrogens with zero attached hydrogens (tertiary/aromatic N) is 1. The lowest BCUT2D eigenvalue weighted by molar-refractivity contribution is -0.0512. The maximum Gasteiger partial charge on any atom is 0.387 e. The van der Waals surface area contributed by atoms with Crippen LogP contribution in [-0.2, 0) is 4.74 Å². The molecule has 1 amide bonds. The largest absolute Gasteiger partial charge is 0.493 e. The molecular weight excluding hydrogens is 438 g/mol. The second-order valence-corrected chi connectivity index (χ2v) is 6.87. The van der Waals surface area contributed by atoms with E-state index in [0.29, 0.717) is 18.9 Å². The first-order valence-corrected chi connectivity index (χ1v) is 9.33. The summed E-state index contributed by atoms with van der Waals surface area (Å²) in [6, 6.07) is 9.68. The van der Waals surface area contributed by atoms with Gasteiger partial charge in [-0.2, -0.15) is 8.78 Å². The van der Waals surface area contributed by atoms with Gasteiger partial charge in [-0.05, 0) is 36.4 Å². The molecule has 0 radical (unpaired) electrons. The van der Waals surface area contributed by atoms with E-state index < -0.39 is 12.5 Å². The van der Waals surface area contributed by atoms with Gasteiger partial charge in [-0.3, -0.25) is 4.79 Å². The van der Waals surface area contributed by atoms with E-state index >= 15 is 0 Å². The van der Waals surface area contributed by atoms with E-state index in [9.17, 15) is 13.6 Å². The van der Waals surface area contributed by atoms with Crippen molar-refractivity contribution in [3.63, 3.8) is 0 Å². The summed E-state index contributed by atoms with van der Waals surface area (Å²) in [5.41, 5.74) is 1.77. The monoisotopic (exact) mass is 456 g/mol. The van der Waals surface area contributed by atoms with Crippen LogP contribution in [0.4, 0.5) is 20.2 Å². The number of carbonyl (C=O) groups excluding carboxylic acids is 1. The lowest BCUT2D eigenvalue weighted by atomic mass is 10.1. The highest BCUT2D eigenvalue weighted by Gasteiger charge is 2.18. The fourth-order valence-corrected chi connectivity index (χ4v) is 3.25. The Kier molecular flexibility index (Phi) is 6.69. The normalized spacial score (nSPS) is 14.1. The molecule has 1 heterocycles. The number of nitrogens with one attached hydrogen (secondary N) is 1. The number of methoxy groups -OCH3 is 1. The maximum atomic E-state index is 12.7. The zero-order valence-electron chi connectivity index (χ0n) is 15.1. The summed E-state index contributed by atoms with van der Waals surface area (Å²) in [5.74, 6) is -0.476. The molecule has 6 nitrogen and oxygen atoms in total. The van der Waals surface area contributed by atoms with E-state index in [1.54, 1.807) is 0 Å². The van der Waals surface area contributed by atoms with E-state index in [4.69, 9.17) is 9.47 Å². The summed E-state index contributed by atoms with van der Waals surface area (Å²) >= 11 is 3.42. The zero-order valence-corrected chi connectivity index (χ0v) is 16.7. The molecule has 150 valence electrons. The lowest BCUT2D eigenvalue weighted by Gasteiger charge is -2.30. The van der Waals surface area contributed by atoms with Gasteiger partial charge in [-0.15, -0.1) is 0 Å². The SMILES string of the molecule is COc1cc(C(=O)Nc2cc(Br)ccc2N2CCOCC2)ccc1OC(F)F. The first-order chi connectivity index (χ1) is 13.5. The number of halogens is 3. The molecule has 0 unspecified atom stereocenters. The topological polar surface area (TPSA) is 60.0 Å². The van der Waals surface area contributed by atoms with E-state index in [0.717, 1.165) is 23.2 Å². The second-order valence-electron chi connectivity index (χ2n) is 5.96. The second kappa shape index (κ2) is 9.20. The molecule has 28 heavy (non-hydrogen) atoms. The fraction of sp³-hybridized carbons (Fsp3) is 0.316. The Morgan fingerprint density at radius 2 is 1.93 bits per heavy atom. The van der Waals surface area contributed by atoms with Gasteiger partial charge in [0, 0.05) is 23.1 Å². The molecular formula is C19H19BrF2N2O4. The van der Waals surface area contributed by atoms with Gasteiger partial charge >= 0.3 is 6.61 Å². The summed E-state index contributed by atoms with van der Waals surface area (Å²) < 4.78 is 40.6. The molecule has 9 heteroatoms. The van der Waals surface area contributed by atoms with Crippen molar-refractivity contribution in [3.8, 4) is 11.5 Å². The molecule has 1 N–H and O–H groups in total. The third-order valence-corrected chi connectivity index (χ3v) is 4.69. The van der Waals surface area contributed by atoms with Crippen molar-refractivity contribution in [2.75, 3.05) is 43.6 Å². The standard InChI is InChI=1S/C19H19BrF2N2O4/c1-26-17-10-12(2-5-16(17)28-19(21)22)18(25)23-14-11-13(20)3-4-15(14)24-6-8-27-9-7-24/h2-5,10-11,19H,6-9H2,1H3,(H,23,25). The average Bonchev–Trinajstić information content (AvgIpc) is 2.68. The molecule has 0 aliphatic carbocycles. The molecule has 2 aromatic rings. The smallest absolute Gasteiger partial charge is 0.387 e. The minimum Gasteiger partial charge on any atom is -0.493 e. The molecule has 2 aromatic carbocycles. The highest BCUT2D eigenvalue weighted by Crippen LogP contribution is 2.32. The minimum atomic E-state index is -2.98. The van der Waals surface area contributed by atoms with Crippen molar-refractivity contribution < 1.29 is 27.8 Å². The zero-order chi connectivity index (χ0) is 20.1. The molecule has 1 aliphatic rings. The summed E-state index contributed by atoms with van der Waals surface area (Å²) in [7, 11) is 1.32. The van der Waals surface area contributed by atoms with Crippen LogP contribution in [0.1, 0.15) is 10.4 Å². The number of rotatable bonds is 6. The Balaban J connectivity index is 1.83. The third-order valence-electron chi connectivity index (χ3n) is 4.20. The number of carbonyl (C=O) groups is 1. The van der Waals surface area contributed by atoms with Crippen molar-refractivity contribution in [2.45, 2.75) is 6.61 Å². The molecule has 0 aromatic heterocycles. The molecule has 0 saturated carbocycles. The van der Waals surface area contributed by atoms with Gasteiger partial charge in [0.15, 0.2) is 11.5 Å². The van der Waals surface area contributed by atoms with Crippen LogP contribution in [0.3, 0.4) is 0 Å². The Morgan fingerprint density at radius 3 is 2.61 bits per heavy atom. The Bertz CT molecular complexity index is 845. The van der Waals surface area contributed by atoms with Crippen LogP contribution in [0.2, 0.25) is 0 Å². The first-order valence-electron chi connectivity index (χ1n) is 8.54. The minimum absolute atomic E-state index is 0.0515. The number of anilines is 2. The molecule has 0 spiro atoms. The van der Waals surface area contributed by atoms with Crippen LogP contribution in [0.25, 0.3) is 0 Å². The number of morpholine rings is 1. The summed E-state index contributed by atoms with van der Waals surface area (Å²) in [5, 5.41) is 2.88. The summed E-state index contributed by atoms with van der Waals surface area (Å²) in [4.78, 5) is 14.9. The molecule has 1 fully saturated rings. The van der Waals surface area contributed by atoms with E-state index in [1.165, 1.54) is 25.3 Å². The third kappa shape index (κ3) is 4.90. The number of hydrogen-bond donors (Lipinski definition) is 1. The van der Waals surface area contributed by atoms with Crippen LogP contribution in [-0.4, -0.2) is 45.9 Å². The molecule has 0 atom stereocenters. The number of amides is 1. The molecule has 0 bridgehead atoms. The van der Waals surface area contributed by atoms with Crippen LogP contribution >= 0.6 is 15.9 Å². The Hall–Kier alpha value is -2.39. The average molecular weight is 457 g/mol. The van der Waals surface area contributed by atoms with Gasteiger partial charge in [-0.1, -0.05) is 15.9 Å². The van der Waals surface area contributed by atoms with Crippen LogP contribution in [0, 0.1) is 0 Å². The quantitative estimate of drug-likeness (QED) is 0.707. The van der Waals surface area contributed by atoms with Crippen molar-refractivity contribution in [2.24, 2.45) is 0 Å². The van der Waals surface area contributed by atoms with Gasteiger partial charge in [-0.25, -0.2) is 0 Å². The van der Waals surface area contributed by atoms with Crippen LogP contribution < -0.4 is 19.7 Å². The predicted octanol–water partition coefficient (Wildman–Crippen LogP) is 4.15. The summed E-state index contributed by atoms with van der Waals surface area (Å²) in [6.45, 7) is -0.305.